The number of carbonyl (C=O) groups is 2. The van der Waals surface area contributed by atoms with Crippen molar-refractivity contribution in [1.82, 2.24) is 5.32 Å². The second-order valence-corrected chi connectivity index (χ2v) is 7.29. The topological polar surface area (TPSA) is 66.4 Å². The van der Waals surface area contributed by atoms with E-state index in [1.165, 1.54) is 0 Å². The Bertz CT molecular complexity index is 494. The van der Waals surface area contributed by atoms with Crippen molar-refractivity contribution in [2.45, 2.75) is 39.7 Å². The van der Waals surface area contributed by atoms with Crippen LogP contribution in [0.1, 0.15) is 44.0 Å². The SMILES string of the molecule is CC(C)(C)CC(CC(=O)O)NC(=O)c1cccc(I)c1. The molecule has 1 rings (SSSR count). The molecule has 0 spiro atoms. The number of rotatable bonds is 5. The second-order valence-electron chi connectivity index (χ2n) is 6.04. The van der Waals surface area contributed by atoms with Crippen LogP contribution in [0.25, 0.3) is 0 Å². The van der Waals surface area contributed by atoms with E-state index in [9.17, 15) is 9.59 Å². The number of hydrogen-bond acceptors (Lipinski definition) is 2. The minimum Gasteiger partial charge on any atom is -0.481 e. The molecular weight excluding hydrogens is 369 g/mol. The molecule has 0 radical (unpaired) electrons. The maximum atomic E-state index is 12.2. The van der Waals surface area contributed by atoms with Gasteiger partial charge in [-0.2, -0.15) is 0 Å². The summed E-state index contributed by atoms with van der Waals surface area (Å²) in [5.74, 6) is -1.12. The van der Waals surface area contributed by atoms with Crippen molar-refractivity contribution in [3.05, 3.63) is 33.4 Å². The molecule has 20 heavy (non-hydrogen) atoms. The monoisotopic (exact) mass is 389 g/mol. The molecule has 110 valence electrons. The summed E-state index contributed by atoms with van der Waals surface area (Å²) in [6.07, 6.45) is 0.557. The minimum absolute atomic E-state index is 0.0431. The van der Waals surface area contributed by atoms with Crippen molar-refractivity contribution in [3.63, 3.8) is 0 Å². The Hall–Kier alpha value is -1.11. The van der Waals surface area contributed by atoms with E-state index in [1.54, 1.807) is 12.1 Å². The maximum absolute atomic E-state index is 12.2. The van der Waals surface area contributed by atoms with Crippen molar-refractivity contribution in [3.8, 4) is 0 Å². The lowest BCUT2D eigenvalue weighted by Crippen LogP contribution is -2.39. The van der Waals surface area contributed by atoms with Crippen LogP contribution in [0.4, 0.5) is 0 Å². The Morgan fingerprint density at radius 2 is 2.00 bits per heavy atom. The number of carbonyl (C=O) groups excluding carboxylic acids is 1. The first-order chi connectivity index (χ1) is 9.17. The van der Waals surface area contributed by atoms with Gasteiger partial charge < -0.3 is 10.4 Å². The number of amides is 1. The first-order valence-electron chi connectivity index (χ1n) is 6.45. The molecule has 1 atom stereocenters. The average molecular weight is 389 g/mol. The molecule has 0 aliphatic rings. The van der Waals surface area contributed by atoms with Gasteiger partial charge in [0, 0.05) is 15.2 Å². The van der Waals surface area contributed by atoms with Crippen LogP contribution in [0.15, 0.2) is 24.3 Å². The highest BCUT2D eigenvalue weighted by molar-refractivity contribution is 14.1. The maximum Gasteiger partial charge on any atom is 0.305 e. The zero-order valence-electron chi connectivity index (χ0n) is 11.9. The first kappa shape index (κ1) is 16.9. The summed E-state index contributed by atoms with van der Waals surface area (Å²) in [5, 5.41) is 11.8. The molecule has 4 nitrogen and oxygen atoms in total. The smallest absolute Gasteiger partial charge is 0.305 e. The molecule has 0 saturated heterocycles. The van der Waals surface area contributed by atoms with E-state index < -0.39 is 5.97 Å². The summed E-state index contributed by atoms with van der Waals surface area (Å²) in [6, 6.07) is 6.86. The van der Waals surface area contributed by atoms with Gasteiger partial charge in [-0.1, -0.05) is 26.8 Å². The summed E-state index contributed by atoms with van der Waals surface area (Å²) in [7, 11) is 0. The third kappa shape index (κ3) is 6.36. The Labute approximate surface area is 133 Å². The Morgan fingerprint density at radius 3 is 2.50 bits per heavy atom. The lowest BCUT2D eigenvalue weighted by molar-refractivity contribution is -0.137. The molecule has 0 aliphatic heterocycles. The largest absolute Gasteiger partial charge is 0.481 e. The Morgan fingerprint density at radius 1 is 1.35 bits per heavy atom. The van der Waals surface area contributed by atoms with E-state index in [2.05, 4.69) is 27.9 Å². The molecular formula is C15H20INO3. The second kappa shape index (κ2) is 7.06. The van der Waals surface area contributed by atoms with Gasteiger partial charge in [-0.05, 0) is 52.6 Å². The van der Waals surface area contributed by atoms with Crippen molar-refractivity contribution in [2.75, 3.05) is 0 Å². The van der Waals surface area contributed by atoms with E-state index in [4.69, 9.17) is 5.11 Å². The summed E-state index contributed by atoms with van der Waals surface area (Å²) in [6.45, 7) is 6.08. The van der Waals surface area contributed by atoms with Crippen molar-refractivity contribution >= 4 is 34.5 Å². The molecule has 0 aromatic heterocycles. The van der Waals surface area contributed by atoms with Gasteiger partial charge in [0.1, 0.15) is 0 Å². The quantitative estimate of drug-likeness (QED) is 0.760. The number of halogens is 1. The molecule has 0 fully saturated rings. The van der Waals surface area contributed by atoms with Gasteiger partial charge >= 0.3 is 5.97 Å². The van der Waals surface area contributed by atoms with Crippen LogP contribution in [-0.2, 0) is 4.79 Å². The van der Waals surface area contributed by atoms with E-state index in [0.29, 0.717) is 12.0 Å². The normalized spacial score (nSPS) is 12.8. The number of hydrogen-bond donors (Lipinski definition) is 2. The molecule has 0 bridgehead atoms. The molecule has 0 aliphatic carbocycles. The van der Waals surface area contributed by atoms with Gasteiger partial charge in [-0.25, -0.2) is 0 Å². The summed E-state index contributed by atoms with van der Waals surface area (Å²) >= 11 is 2.14. The molecule has 1 aromatic carbocycles. The molecule has 0 heterocycles. The standard InChI is InChI=1S/C15H20INO3/c1-15(2,3)9-12(8-13(18)19)17-14(20)10-5-4-6-11(16)7-10/h4-7,12H,8-9H2,1-3H3,(H,17,20)(H,18,19). The van der Waals surface area contributed by atoms with E-state index >= 15 is 0 Å². The summed E-state index contributed by atoms with van der Waals surface area (Å²) in [4.78, 5) is 23.1. The van der Waals surface area contributed by atoms with Gasteiger partial charge in [0.25, 0.3) is 5.91 Å². The molecule has 1 unspecified atom stereocenters. The predicted molar refractivity (Wildman–Crippen MR) is 86.7 cm³/mol. The molecule has 1 aromatic rings. The zero-order chi connectivity index (χ0) is 15.3. The number of benzene rings is 1. The Kier molecular flexibility index (Phi) is 5.98. The molecule has 1 amide bonds. The van der Waals surface area contributed by atoms with Crippen LogP contribution in [0.5, 0.6) is 0 Å². The number of aliphatic carboxylic acids is 1. The van der Waals surface area contributed by atoms with Crippen LogP contribution in [0, 0.1) is 8.99 Å². The minimum atomic E-state index is -0.901. The first-order valence-corrected chi connectivity index (χ1v) is 7.53. The molecule has 2 N–H and O–H groups in total. The van der Waals surface area contributed by atoms with Crippen molar-refractivity contribution in [1.29, 1.82) is 0 Å². The Balaban J connectivity index is 2.78. The zero-order valence-corrected chi connectivity index (χ0v) is 14.1. The van der Waals surface area contributed by atoms with Crippen LogP contribution >= 0.6 is 22.6 Å². The van der Waals surface area contributed by atoms with Crippen LogP contribution in [0.2, 0.25) is 0 Å². The number of nitrogens with one attached hydrogen (secondary N) is 1. The molecule has 0 saturated carbocycles. The molecule has 5 heteroatoms. The van der Waals surface area contributed by atoms with Crippen molar-refractivity contribution in [2.24, 2.45) is 5.41 Å². The highest BCUT2D eigenvalue weighted by atomic mass is 127. The number of carboxylic acid groups (broad SMARTS) is 1. The van der Waals surface area contributed by atoms with E-state index in [1.807, 2.05) is 32.9 Å². The fraction of sp³-hybridized carbons (Fsp3) is 0.467. The third-order valence-electron chi connectivity index (χ3n) is 2.70. The average Bonchev–Trinajstić information content (AvgIpc) is 2.25. The highest BCUT2D eigenvalue weighted by Crippen LogP contribution is 2.22. The van der Waals surface area contributed by atoms with Gasteiger partial charge in [-0.3, -0.25) is 9.59 Å². The summed E-state index contributed by atoms with van der Waals surface area (Å²) < 4.78 is 0.973. The van der Waals surface area contributed by atoms with Crippen molar-refractivity contribution < 1.29 is 14.7 Å². The summed E-state index contributed by atoms with van der Waals surface area (Å²) in [5.41, 5.74) is 0.514. The van der Waals surface area contributed by atoms with Gasteiger partial charge in [0.05, 0.1) is 6.42 Å². The van der Waals surface area contributed by atoms with E-state index in [0.717, 1.165) is 3.57 Å². The van der Waals surface area contributed by atoms with Gasteiger partial charge in [-0.15, -0.1) is 0 Å². The number of carboxylic acids is 1. The van der Waals surface area contributed by atoms with Crippen LogP contribution < -0.4 is 5.32 Å². The highest BCUT2D eigenvalue weighted by Gasteiger charge is 2.23. The van der Waals surface area contributed by atoms with Gasteiger partial charge in [0.2, 0.25) is 0 Å². The lowest BCUT2D eigenvalue weighted by atomic mass is 9.87. The van der Waals surface area contributed by atoms with Crippen LogP contribution in [0.3, 0.4) is 0 Å². The van der Waals surface area contributed by atoms with Gasteiger partial charge in [0.15, 0.2) is 0 Å². The van der Waals surface area contributed by atoms with E-state index in [-0.39, 0.29) is 23.8 Å². The fourth-order valence-electron chi connectivity index (χ4n) is 2.02. The third-order valence-corrected chi connectivity index (χ3v) is 3.37. The predicted octanol–water partition coefficient (Wildman–Crippen LogP) is 3.30. The van der Waals surface area contributed by atoms with Crippen LogP contribution in [-0.4, -0.2) is 23.0 Å². The lowest BCUT2D eigenvalue weighted by Gasteiger charge is -2.25. The fourth-order valence-corrected chi connectivity index (χ4v) is 2.57.